The molecule has 3 heteroatoms. The molecule has 0 unspecified atom stereocenters. The SMILES string of the molecule is CCCOc1ccc(CCO)cn1. The summed E-state index contributed by atoms with van der Waals surface area (Å²) in [5, 5.41) is 8.67. The standard InChI is InChI=1S/C10H15NO2/c1-2-7-13-10-4-3-9(5-6-12)8-11-10/h3-4,8,12H,2,5-7H2,1H3. The van der Waals surface area contributed by atoms with E-state index in [1.165, 1.54) is 0 Å². The summed E-state index contributed by atoms with van der Waals surface area (Å²) in [7, 11) is 0. The molecule has 0 aliphatic heterocycles. The van der Waals surface area contributed by atoms with Crippen molar-refractivity contribution in [2.24, 2.45) is 0 Å². The second-order valence-corrected chi connectivity index (χ2v) is 2.83. The van der Waals surface area contributed by atoms with Gasteiger partial charge in [-0.25, -0.2) is 4.98 Å². The van der Waals surface area contributed by atoms with Crippen molar-refractivity contribution in [1.82, 2.24) is 4.98 Å². The third kappa shape index (κ3) is 3.42. The van der Waals surface area contributed by atoms with Crippen molar-refractivity contribution in [3.63, 3.8) is 0 Å². The lowest BCUT2D eigenvalue weighted by Crippen LogP contribution is -1.98. The number of rotatable bonds is 5. The van der Waals surface area contributed by atoms with Crippen LogP contribution in [-0.2, 0) is 6.42 Å². The Bertz CT molecular complexity index is 233. The topological polar surface area (TPSA) is 42.4 Å². The molecule has 1 rings (SSSR count). The summed E-state index contributed by atoms with van der Waals surface area (Å²) in [6.07, 6.45) is 3.38. The van der Waals surface area contributed by atoms with E-state index in [2.05, 4.69) is 11.9 Å². The zero-order chi connectivity index (χ0) is 9.52. The van der Waals surface area contributed by atoms with Gasteiger partial charge in [-0.1, -0.05) is 13.0 Å². The fourth-order valence-electron chi connectivity index (χ4n) is 0.980. The third-order valence-electron chi connectivity index (χ3n) is 1.65. The number of ether oxygens (including phenoxy) is 1. The Morgan fingerprint density at radius 3 is 2.85 bits per heavy atom. The Morgan fingerprint density at radius 1 is 1.46 bits per heavy atom. The Balaban J connectivity index is 2.48. The fourth-order valence-corrected chi connectivity index (χ4v) is 0.980. The molecule has 0 radical (unpaired) electrons. The maximum absolute atomic E-state index is 8.67. The van der Waals surface area contributed by atoms with Gasteiger partial charge >= 0.3 is 0 Å². The van der Waals surface area contributed by atoms with E-state index in [1.807, 2.05) is 12.1 Å². The first kappa shape index (κ1) is 9.99. The highest BCUT2D eigenvalue weighted by atomic mass is 16.5. The first-order valence-corrected chi connectivity index (χ1v) is 4.55. The number of nitrogens with zero attached hydrogens (tertiary/aromatic N) is 1. The van der Waals surface area contributed by atoms with E-state index in [1.54, 1.807) is 6.20 Å². The average Bonchev–Trinajstić information content (AvgIpc) is 2.17. The summed E-state index contributed by atoms with van der Waals surface area (Å²) in [6.45, 7) is 2.92. The molecule has 0 fully saturated rings. The number of aromatic nitrogens is 1. The van der Waals surface area contributed by atoms with Gasteiger partial charge in [0.25, 0.3) is 0 Å². The van der Waals surface area contributed by atoms with Gasteiger partial charge in [0.05, 0.1) is 6.61 Å². The highest BCUT2D eigenvalue weighted by Gasteiger charge is 1.95. The van der Waals surface area contributed by atoms with Gasteiger partial charge in [0.2, 0.25) is 5.88 Å². The lowest BCUT2D eigenvalue weighted by Gasteiger charge is -2.03. The average molecular weight is 181 g/mol. The molecule has 0 aliphatic carbocycles. The van der Waals surface area contributed by atoms with E-state index >= 15 is 0 Å². The van der Waals surface area contributed by atoms with Crippen LogP contribution in [0.15, 0.2) is 18.3 Å². The maximum Gasteiger partial charge on any atom is 0.213 e. The molecule has 1 N–H and O–H groups in total. The molecule has 0 atom stereocenters. The molecule has 0 amide bonds. The molecule has 0 saturated heterocycles. The van der Waals surface area contributed by atoms with Crippen molar-refractivity contribution < 1.29 is 9.84 Å². The first-order valence-electron chi connectivity index (χ1n) is 4.55. The molecule has 13 heavy (non-hydrogen) atoms. The zero-order valence-electron chi connectivity index (χ0n) is 7.86. The second kappa shape index (κ2) is 5.54. The summed E-state index contributed by atoms with van der Waals surface area (Å²) in [6, 6.07) is 3.76. The molecule has 0 saturated carbocycles. The fraction of sp³-hybridized carbons (Fsp3) is 0.500. The van der Waals surface area contributed by atoms with Crippen LogP contribution in [0.25, 0.3) is 0 Å². The van der Waals surface area contributed by atoms with Gasteiger partial charge in [0, 0.05) is 18.9 Å². The molecular formula is C10H15NO2. The van der Waals surface area contributed by atoms with E-state index in [0.29, 0.717) is 18.9 Å². The van der Waals surface area contributed by atoms with Gasteiger partial charge in [-0.05, 0) is 18.4 Å². The van der Waals surface area contributed by atoms with Crippen LogP contribution < -0.4 is 4.74 Å². The van der Waals surface area contributed by atoms with Crippen LogP contribution in [0.2, 0.25) is 0 Å². The number of pyridine rings is 1. The Hall–Kier alpha value is -1.09. The van der Waals surface area contributed by atoms with Crippen LogP contribution >= 0.6 is 0 Å². The summed E-state index contributed by atoms with van der Waals surface area (Å²) in [5.41, 5.74) is 1.03. The number of hydrogen-bond acceptors (Lipinski definition) is 3. The van der Waals surface area contributed by atoms with Crippen molar-refractivity contribution in [2.75, 3.05) is 13.2 Å². The Kier molecular flexibility index (Phi) is 4.26. The predicted octanol–water partition coefficient (Wildman–Crippen LogP) is 1.41. The van der Waals surface area contributed by atoms with E-state index in [9.17, 15) is 0 Å². The smallest absolute Gasteiger partial charge is 0.213 e. The third-order valence-corrected chi connectivity index (χ3v) is 1.65. The molecule has 0 aromatic carbocycles. The number of aliphatic hydroxyl groups is 1. The van der Waals surface area contributed by atoms with E-state index in [4.69, 9.17) is 9.84 Å². The molecule has 72 valence electrons. The molecular weight excluding hydrogens is 166 g/mol. The summed E-state index contributed by atoms with van der Waals surface area (Å²) >= 11 is 0. The lowest BCUT2D eigenvalue weighted by molar-refractivity contribution is 0.297. The first-order chi connectivity index (χ1) is 6.36. The second-order valence-electron chi connectivity index (χ2n) is 2.83. The summed E-state index contributed by atoms with van der Waals surface area (Å²) < 4.78 is 5.31. The van der Waals surface area contributed by atoms with Crippen LogP contribution in [0.3, 0.4) is 0 Å². The largest absolute Gasteiger partial charge is 0.478 e. The maximum atomic E-state index is 8.67. The predicted molar refractivity (Wildman–Crippen MR) is 50.8 cm³/mol. The minimum Gasteiger partial charge on any atom is -0.478 e. The molecule has 0 aliphatic rings. The Morgan fingerprint density at radius 2 is 2.31 bits per heavy atom. The van der Waals surface area contributed by atoms with Crippen LogP contribution in [0, 0.1) is 0 Å². The molecule has 1 aromatic heterocycles. The normalized spacial score (nSPS) is 10.0. The minimum absolute atomic E-state index is 0.164. The van der Waals surface area contributed by atoms with Crippen molar-refractivity contribution in [3.05, 3.63) is 23.9 Å². The van der Waals surface area contributed by atoms with Crippen LogP contribution in [0.4, 0.5) is 0 Å². The van der Waals surface area contributed by atoms with Gasteiger partial charge in [-0.2, -0.15) is 0 Å². The van der Waals surface area contributed by atoms with Gasteiger partial charge < -0.3 is 9.84 Å². The quantitative estimate of drug-likeness (QED) is 0.746. The number of hydrogen-bond donors (Lipinski definition) is 1. The number of aliphatic hydroxyl groups excluding tert-OH is 1. The molecule has 1 heterocycles. The highest BCUT2D eigenvalue weighted by molar-refractivity contribution is 5.17. The summed E-state index contributed by atoms with van der Waals surface area (Å²) in [5.74, 6) is 0.656. The van der Waals surface area contributed by atoms with Crippen molar-refractivity contribution in [1.29, 1.82) is 0 Å². The van der Waals surface area contributed by atoms with Crippen molar-refractivity contribution in [2.45, 2.75) is 19.8 Å². The zero-order valence-corrected chi connectivity index (χ0v) is 7.86. The minimum atomic E-state index is 0.164. The van der Waals surface area contributed by atoms with Crippen LogP contribution in [-0.4, -0.2) is 23.3 Å². The van der Waals surface area contributed by atoms with Crippen LogP contribution in [0.1, 0.15) is 18.9 Å². The molecule has 1 aromatic rings. The van der Waals surface area contributed by atoms with Gasteiger partial charge in [0.1, 0.15) is 0 Å². The van der Waals surface area contributed by atoms with Crippen molar-refractivity contribution in [3.8, 4) is 5.88 Å². The Labute approximate surface area is 78.4 Å². The van der Waals surface area contributed by atoms with Crippen molar-refractivity contribution >= 4 is 0 Å². The monoisotopic (exact) mass is 181 g/mol. The van der Waals surface area contributed by atoms with E-state index in [0.717, 1.165) is 12.0 Å². The van der Waals surface area contributed by atoms with E-state index < -0.39 is 0 Å². The van der Waals surface area contributed by atoms with Gasteiger partial charge in [-0.3, -0.25) is 0 Å². The van der Waals surface area contributed by atoms with Gasteiger partial charge in [0.15, 0.2) is 0 Å². The van der Waals surface area contributed by atoms with E-state index in [-0.39, 0.29) is 6.61 Å². The highest BCUT2D eigenvalue weighted by Crippen LogP contribution is 2.07. The molecule has 3 nitrogen and oxygen atoms in total. The molecule has 0 bridgehead atoms. The van der Waals surface area contributed by atoms with Gasteiger partial charge in [-0.15, -0.1) is 0 Å². The summed E-state index contributed by atoms with van der Waals surface area (Å²) in [4.78, 5) is 4.10. The lowest BCUT2D eigenvalue weighted by atomic mass is 10.2. The molecule has 0 spiro atoms. The van der Waals surface area contributed by atoms with Crippen LogP contribution in [0.5, 0.6) is 5.88 Å².